The zero-order chi connectivity index (χ0) is 19.5. The Balaban J connectivity index is 1.53. The minimum atomic E-state index is -0.328. The summed E-state index contributed by atoms with van der Waals surface area (Å²) in [4.78, 5) is 2.18. The third-order valence-electron chi connectivity index (χ3n) is 5.02. The van der Waals surface area contributed by atoms with Gasteiger partial charge < -0.3 is 19.1 Å². The summed E-state index contributed by atoms with van der Waals surface area (Å²) < 4.78 is 30.5. The molecule has 0 aliphatic carbocycles. The van der Waals surface area contributed by atoms with Crippen molar-refractivity contribution in [2.45, 2.75) is 18.9 Å². The molecular weight excluding hydrogens is 361 g/mol. The number of anilines is 1. The van der Waals surface area contributed by atoms with Gasteiger partial charge in [-0.25, -0.2) is 4.39 Å². The molecule has 2 aromatic carbocycles. The average Bonchev–Trinajstić information content (AvgIpc) is 2.74. The summed E-state index contributed by atoms with van der Waals surface area (Å²) in [5.41, 5.74) is 0. The predicted molar refractivity (Wildman–Crippen MR) is 105 cm³/mol. The first-order valence-corrected chi connectivity index (χ1v) is 9.23. The van der Waals surface area contributed by atoms with E-state index in [0.717, 1.165) is 42.5 Å². The molecule has 6 nitrogen and oxygen atoms in total. The molecule has 146 valence electrons. The number of ether oxygens (including phenoxy) is 3. The molecular formula is C21H22FN3O3. The van der Waals surface area contributed by atoms with Gasteiger partial charge in [-0.1, -0.05) is 12.1 Å². The van der Waals surface area contributed by atoms with Crippen LogP contribution in [-0.4, -0.2) is 43.6 Å². The summed E-state index contributed by atoms with van der Waals surface area (Å²) >= 11 is 0. The maximum Gasteiger partial charge on any atom is 0.165 e. The summed E-state index contributed by atoms with van der Waals surface area (Å²) in [7, 11) is 3.23. The lowest BCUT2D eigenvalue weighted by molar-refractivity contribution is 0.163. The van der Waals surface area contributed by atoms with E-state index in [1.807, 2.05) is 12.1 Å². The van der Waals surface area contributed by atoms with Crippen LogP contribution in [-0.2, 0) is 0 Å². The number of hydrogen-bond donors (Lipinski definition) is 0. The average molecular weight is 383 g/mol. The minimum absolute atomic E-state index is 0.0225. The Morgan fingerprint density at radius 2 is 1.71 bits per heavy atom. The lowest BCUT2D eigenvalue weighted by Crippen LogP contribution is -2.39. The van der Waals surface area contributed by atoms with E-state index in [1.165, 1.54) is 6.07 Å². The van der Waals surface area contributed by atoms with Crippen LogP contribution in [0.4, 0.5) is 10.2 Å². The third kappa shape index (κ3) is 3.52. The molecule has 2 heterocycles. The summed E-state index contributed by atoms with van der Waals surface area (Å²) in [6, 6.07) is 10.4. The van der Waals surface area contributed by atoms with Crippen LogP contribution in [0.5, 0.6) is 17.2 Å². The number of piperidine rings is 1. The van der Waals surface area contributed by atoms with Gasteiger partial charge in [0.1, 0.15) is 6.10 Å². The molecule has 3 aromatic rings. The number of methoxy groups -OCH3 is 2. The van der Waals surface area contributed by atoms with Crippen molar-refractivity contribution >= 4 is 16.6 Å². The van der Waals surface area contributed by atoms with E-state index in [-0.39, 0.29) is 11.9 Å². The maximum absolute atomic E-state index is 13.8. The standard InChI is InChI=1S/C21H22FN3O3/c1-26-19-11-14-13-23-24-21(16(14)12-20(19)27-2)25-9-7-15(8-10-25)28-18-6-4-3-5-17(18)22/h3-6,11-13,15H,7-10H2,1-2H3. The van der Waals surface area contributed by atoms with E-state index in [1.54, 1.807) is 38.6 Å². The molecule has 0 spiro atoms. The number of para-hydroxylation sites is 1. The molecule has 0 amide bonds. The van der Waals surface area contributed by atoms with Crippen molar-refractivity contribution in [2.75, 3.05) is 32.2 Å². The largest absolute Gasteiger partial charge is 0.493 e. The molecule has 4 rings (SSSR count). The van der Waals surface area contributed by atoms with Crippen LogP contribution in [0.2, 0.25) is 0 Å². The molecule has 0 radical (unpaired) electrons. The molecule has 1 aliphatic rings. The molecule has 0 N–H and O–H groups in total. The van der Waals surface area contributed by atoms with Crippen LogP contribution in [0.3, 0.4) is 0 Å². The van der Waals surface area contributed by atoms with Gasteiger partial charge in [0, 0.05) is 36.7 Å². The zero-order valence-corrected chi connectivity index (χ0v) is 15.9. The Bertz CT molecular complexity index is 974. The van der Waals surface area contributed by atoms with Crippen LogP contribution < -0.4 is 19.1 Å². The smallest absolute Gasteiger partial charge is 0.165 e. The van der Waals surface area contributed by atoms with Gasteiger partial charge >= 0.3 is 0 Å². The van der Waals surface area contributed by atoms with E-state index in [0.29, 0.717) is 17.2 Å². The zero-order valence-electron chi connectivity index (χ0n) is 15.9. The number of nitrogens with zero attached hydrogens (tertiary/aromatic N) is 3. The van der Waals surface area contributed by atoms with Gasteiger partial charge in [0.2, 0.25) is 0 Å². The highest BCUT2D eigenvalue weighted by Crippen LogP contribution is 2.36. The molecule has 7 heteroatoms. The number of rotatable bonds is 5. The number of aromatic nitrogens is 2. The molecule has 0 unspecified atom stereocenters. The van der Waals surface area contributed by atoms with Gasteiger partial charge in [-0.2, -0.15) is 5.10 Å². The fraction of sp³-hybridized carbons (Fsp3) is 0.333. The first-order valence-electron chi connectivity index (χ1n) is 9.23. The quantitative estimate of drug-likeness (QED) is 0.667. The highest BCUT2D eigenvalue weighted by molar-refractivity contribution is 5.94. The van der Waals surface area contributed by atoms with Crippen molar-refractivity contribution in [3.05, 3.63) is 48.4 Å². The second-order valence-corrected chi connectivity index (χ2v) is 6.70. The van der Waals surface area contributed by atoms with Crippen LogP contribution in [0.25, 0.3) is 10.8 Å². The lowest BCUT2D eigenvalue weighted by atomic mass is 10.1. The normalized spacial score (nSPS) is 14.9. The molecule has 1 saturated heterocycles. The number of halogens is 1. The van der Waals surface area contributed by atoms with E-state index < -0.39 is 0 Å². The fourth-order valence-corrected chi connectivity index (χ4v) is 3.53. The van der Waals surface area contributed by atoms with E-state index in [4.69, 9.17) is 14.2 Å². The molecule has 1 aromatic heterocycles. The van der Waals surface area contributed by atoms with Crippen molar-refractivity contribution in [3.8, 4) is 17.2 Å². The second kappa shape index (κ2) is 7.88. The highest BCUT2D eigenvalue weighted by atomic mass is 19.1. The van der Waals surface area contributed by atoms with Gasteiger partial charge in [-0.3, -0.25) is 0 Å². The first kappa shape index (κ1) is 18.3. The number of fused-ring (bicyclic) bond motifs is 1. The summed E-state index contributed by atoms with van der Waals surface area (Å²) in [5.74, 6) is 2.10. The van der Waals surface area contributed by atoms with E-state index in [9.17, 15) is 4.39 Å². The molecule has 0 saturated carbocycles. The van der Waals surface area contributed by atoms with Gasteiger partial charge in [0.25, 0.3) is 0 Å². The highest BCUT2D eigenvalue weighted by Gasteiger charge is 2.24. The predicted octanol–water partition coefficient (Wildman–Crippen LogP) is 3.83. The molecule has 28 heavy (non-hydrogen) atoms. The second-order valence-electron chi connectivity index (χ2n) is 6.70. The Hall–Kier alpha value is -3.09. The maximum atomic E-state index is 13.8. The van der Waals surface area contributed by atoms with Crippen molar-refractivity contribution in [1.29, 1.82) is 0 Å². The number of hydrogen-bond acceptors (Lipinski definition) is 6. The summed E-state index contributed by atoms with van der Waals surface area (Å²) in [6.07, 6.45) is 3.25. The monoisotopic (exact) mass is 383 g/mol. The summed E-state index contributed by atoms with van der Waals surface area (Å²) in [6.45, 7) is 1.50. The SMILES string of the molecule is COc1cc2cnnc(N3CCC(Oc4ccccc4F)CC3)c2cc1OC. The van der Waals surface area contributed by atoms with Crippen molar-refractivity contribution in [3.63, 3.8) is 0 Å². The van der Waals surface area contributed by atoms with Gasteiger partial charge in [-0.15, -0.1) is 5.10 Å². The Kier molecular flexibility index (Phi) is 5.14. The summed E-state index contributed by atoms with van der Waals surface area (Å²) in [5, 5.41) is 10.4. The van der Waals surface area contributed by atoms with Gasteiger partial charge in [0.15, 0.2) is 28.9 Å². The molecule has 0 atom stereocenters. The lowest BCUT2D eigenvalue weighted by Gasteiger charge is -2.33. The van der Waals surface area contributed by atoms with Crippen LogP contribution in [0, 0.1) is 5.82 Å². The third-order valence-corrected chi connectivity index (χ3v) is 5.02. The van der Waals surface area contributed by atoms with E-state index in [2.05, 4.69) is 15.1 Å². The van der Waals surface area contributed by atoms with Crippen molar-refractivity contribution < 1.29 is 18.6 Å². The van der Waals surface area contributed by atoms with Crippen LogP contribution in [0.1, 0.15) is 12.8 Å². The number of benzene rings is 2. The molecule has 1 aliphatic heterocycles. The van der Waals surface area contributed by atoms with Crippen LogP contribution in [0.15, 0.2) is 42.6 Å². The fourth-order valence-electron chi connectivity index (χ4n) is 3.53. The Morgan fingerprint density at radius 1 is 1.00 bits per heavy atom. The van der Waals surface area contributed by atoms with Gasteiger partial charge in [0.05, 0.1) is 20.4 Å². The van der Waals surface area contributed by atoms with Crippen molar-refractivity contribution in [2.24, 2.45) is 0 Å². The van der Waals surface area contributed by atoms with Crippen LogP contribution >= 0.6 is 0 Å². The first-order chi connectivity index (χ1) is 13.7. The molecule has 1 fully saturated rings. The Morgan fingerprint density at radius 3 is 2.43 bits per heavy atom. The van der Waals surface area contributed by atoms with E-state index >= 15 is 0 Å². The van der Waals surface area contributed by atoms with Gasteiger partial charge in [-0.05, 0) is 24.3 Å². The Labute approximate surface area is 162 Å². The van der Waals surface area contributed by atoms with Crippen molar-refractivity contribution in [1.82, 2.24) is 10.2 Å². The topological polar surface area (TPSA) is 56.7 Å². The molecule has 0 bridgehead atoms. The minimum Gasteiger partial charge on any atom is -0.493 e.